The number of hydrogen-bond acceptors (Lipinski definition) is 3. The predicted octanol–water partition coefficient (Wildman–Crippen LogP) is -0.893. The first-order valence-corrected chi connectivity index (χ1v) is 5.60. The average Bonchev–Trinajstić information content (AvgIpc) is 2.34. The van der Waals surface area contributed by atoms with Gasteiger partial charge in [-0.2, -0.15) is 0 Å². The van der Waals surface area contributed by atoms with E-state index < -0.39 is 22.4 Å². The van der Waals surface area contributed by atoms with E-state index in [0.29, 0.717) is 24.3 Å². The lowest BCUT2D eigenvalue weighted by Gasteiger charge is -2.29. The molecule has 0 unspecified atom stereocenters. The van der Waals surface area contributed by atoms with Crippen molar-refractivity contribution in [1.82, 2.24) is 10.6 Å². The number of imide groups is 1. The Balaban J connectivity index is 2.17. The molecular weight excluding hydrogens is 192 g/mol. The van der Waals surface area contributed by atoms with Crippen LogP contribution in [0.15, 0.2) is 0 Å². The van der Waals surface area contributed by atoms with E-state index in [1.807, 2.05) is 0 Å². The largest absolute Gasteiger partial charge is 0.323 e. The van der Waals surface area contributed by atoms with Crippen LogP contribution in [-0.4, -0.2) is 33.2 Å². The lowest BCUT2D eigenvalue weighted by molar-refractivity contribution is -0.124. The molecule has 72 valence electrons. The third-order valence-corrected chi connectivity index (χ3v) is 3.85. The summed E-state index contributed by atoms with van der Waals surface area (Å²) in [6, 6.07) is -0.433. The molecule has 0 atom stereocenters. The average molecular weight is 202 g/mol. The van der Waals surface area contributed by atoms with Gasteiger partial charge in [0.1, 0.15) is 5.54 Å². The first-order chi connectivity index (χ1) is 6.12. The van der Waals surface area contributed by atoms with Crippen molar-refractivity contribution in [2.75, 3.05) is 11.5 Å². The van der Waals surface area contributed by atoms with E-state index in [0.717, 1.165) is 0 Å². The van der Waals surface area contributed by atoms with Crippen molar-refractivity contribution in [2.45, 2.75) is 18.4 Å². The van der Waals surface area contributed by atoms with Crippen molar-refractivity contribution in [1.29, 1.82) is 0 Å². The first kappa shape index (κ1) is 8.68. The summed E-state index contributed by atoms with van der Waals surface area (Å²) in [5, 5.41) is 4.81. The topological polar surface area (TPSA) is 75.3 Å². The van der Waals surface area contributed by atoms with Gasteiger partial charge >= 0.3 is 6.03 Å². The highest BCUT2D eigenvalue weighted by Crippen LogP contribution is 2.24. The molecule has 2 aliphatic rings. The van der Waals surface area contributed by atoms with Gasteiger partial charge in [0.25, 0.3) is 5.91 Å². The lowest BCUT2D eigenvalue weighted by atomic mass is 9.93. The van der Waals surface area contributed by atoms with E-state index in [2.05, 4.69) is 10.6 Å². The van der Waals surface area contributed by atoms with E-state index in [-0.39, 0.29) is 5.91 Å². The molecule has 2 rings (SSSR count). The third-order valence-electron chi connectivity index (χ3n) is 2.53. The maximum atomic E-state index is 11.4. The third kappa shape index (κ3) is 1.35. The van der Waals surface area contributed by atoms with Gasteiger partial charge in [0.2, 0.25) is 0 Å². The van der Waals surface area contributed by atoms with Crippen molar-refractivity contribution in [3.63, 3.8) is 0 Å². The van der Waals surface area contributed by atoms with Crippen LogP contribution in [0.25, 0.3) is 0 Å². The Kier molecular flexibility index (Phi) is 1.87. The van der Waals surface area contributed by atoms with Gasteiger partial charge in [0.15, 0.2) is 0 Å². The summed E-state index contributed by atoms with van der Waals surface area (Å²) >= 11 is 0. The van der Waals surface area contributed by atoms with Gasteiger partial charge in [-0.15, -0.1) is 0 Å². The Morgan fingerprint density at radius 1 is 1.23 bits per heavy atom. The van der Waals surface area contributed by atoms with Crippen LogP contribution in [0.5, 0.6) is 0 Å². The van der Waals surface area contributed by atoms with E-state index in [4.69, 9.17) is 0 Å². The van der Waals surface area contributed by atoms with Gasteiger partial charge in [-0.25, -0.2) is 4.79 Å². The minimum Gasteiger partial charge on any atom is -0.323 e. The van der Waals surface area contributed by atoms with Crippen molar-refractivity contribution in [2.24, 2.45) is 0 Å². The van der Waals surface area contributed by atoms with Gasteiger partial charge in [0, 0.05) is 22.3 Å². The molecule has 6 heteroatoms. The van der Waals surface area contributed by atoms with Crippen LogP contribution in [0, 0.1) is 0 Å². The van der Waals surface area contributed by atoms with Crippen molar-refractivity contribution in [3.8, 4) is 0 Å². The second kappa shape index (κ2) is 2.80. The van der Waals surface area contributed by atoms with Gasteiger partial charge in [-0.3, -0.25) is 14.3 Å². The highest BCUT2D eigenvalue weighted by Gasteiger charge is 2.47. The molecular formula is C7H10N2O3S. The molecule has 0 aromatic rings. The Bertz CT molecular complexity index is 292. The zero-order valence-corrected chi connectivity index (χ0v) is 7.78. The molecule has 1 spiro atoms. The SMILES string of the molecule is O=C1NC(=O)C2(CCS(=O)CC2)N1. The smallest absolute Gasteiger partial charge is 0.322 e. The maximum absolute atomic E-state index is 11.4. The summed E-state index contributed by atoms with van der Waals surface area (Å²) in [7, 11) is -0.820. The quantitative estimate of drug-likeness (QED) is 0.500. The van der Waals surface area contributed by atoms with Crippen LogP contribution in [0.4, 0.5) is 4.79 Å². The summed E-state index contributed by atoms with van der Waals surface area (Å²) in [6.45, 7) is 0. The Morgan fingerprint density at radius 2 is 1.85 bits per heavy atom. The Labute approximate surface area is 77.7 Å². The maximum Gasteiger partial charge on any atom is 0.322 e. The minimum absolute atomic E-state index is 0.269. The first-order valence-electron chi connectivity index (χ1n) is 4.11. The van der Waals surface area contributed by atoms with Crippen LogP contribution in [0.3, 0.4) is 0 Å². The normalized spacial score (nSPS) is 38.9. The van der Waals surface area contributed by atoms with Crippen LogP contribution < -0.4 is 10.6 Å². The standard InChI is InChI=1S/C7H10N2O3S/c10-5-7(9-6(11)8-5)1-3-13(12)4-2-7/h1-4H2,(H2,8,9,10,11). The molecule has 2 aliphatic heterocycles. The van der Waals surface area contributed by atoms with Gasteiger partial charge in [0.05, 0.1) is 0 Å². The van der Waals surface area contributed by atoms with E-state index in [9.17, 15) is 13.8 Å². The van der Waals surface area contributed by atoms with Gasteiger partial charge in [-0.05, 0) is 12.8 Å². The van der Waals surface area contributed by atoms with Gasteiger partial charge < -0.3 is 5.32 Å². The minimum atomic E-state index is -0.820. The number of carbonyl (C=O) groups excluding carboxylic acids is 2. The van der Waals surface area contributed by atoms with Crippen molar-refractivity contribution < 1.29 is 13.8 Å². The molecule has 2 heterocycles. The second-order valence-electron chi connectivity index (χ2n) is 3.34. The fourth-order valence-electron chi connectivity index (χ4n) is 1.68. The molecule has 0 aliphatic carbocycles. The van der Waals surface area contributed by atoms with Crippen LogP contribution in [-0.2, 0) is 15.6 Å². The fourth-order valence-corrected chi connectivity index (χ4v) is 3.04. The van der Waals surface area contributed by atoms with Gasteiger partial charge in [-0.1, -0.05) is 0 Å². The number of hydrogen-bond donors (Lipinski definition) is 2. The number of amides is 3. The highest BCUT2D eigenvalue weighted by molar-refractivity contribution is 7.85. The molecule has 0 bridgehead atoms. The number of urea groups is 1. The molecule has 0 aromatic heterocycles. The predicted molar refractivity (Wildman–Crippen MR) is 46.5 cm³/mol. The molecule has 0 saturated carbocycles. The summed E-state index contributed by atoms with van der Waals surface area (Å²) < 4.78 is 11.1. The molecule has 13 heavy (non-hydrogen) atoms. The number of nitrogens with one attached hydrogen (secondary N) is 2. The monoisotopic (exact) mass is 202 g/mol. The summed E-state index contributed by atoms with van der Waals surface area (Å²) in [4.78, 5) is 22.3. The second-order valence-corrected chi connectivity index (χ2v) is 5.03. The van der Waals surface area contributed by atoms with Crippen LogP contribution >= 0.6 is 0 Å². The molecule has 0 aromatic carbocycles. The van der Waals surface area contributed by atoms with E-state index in [1.54, 1.807) is 0 Å². The van der Waals surface area contributed by atoms with Crippen LogP contribution in [0.2, 0.25) is 0 Å². The summed E-state index contributed by atoms with van der Waals surface area (Å²) in [5.41, 5.74) is -0.759. The highest BCUT2D eigenvalue weighted by atomic mass is 32.2. The summed E-state index contributed by atoms with van der Waals surface area (Å²) in [6.07, 6.45) is 0.967. The zero-order chi connectivity index (χ0) is 9.47. The summed E-state index contributed by atoms with van der Waals surface area (Å²) in [5.74, 6) is 0.718. The van der Waals surface area contributed by atoms with E-state index in [1.165, 1.54) is 0 Å². The van der Waals surface area contributed by atoms with Crippen LogP contribution in [0.1, 0.15) is 12.8 Å². The molecule has 3 amide bonds. The number of carbonyl (C=O) groups is 2. The molecule has 0 radical (unpaired) electrons. The molecule has 5 nitrogen and oxygen atoms in total. The van der Waals surface area contributed by atoms with Crippen molar-refractivity contribution in [3.05, 3.63) is 0 Å². The van der Waals surface area contributed by atoms with Crippen molar-refractivity contribution >= 4 is 22.7 Å². The molecule has 2 fully saturated rings. The Hall–Kier alpha value is -0.910. The fraction of sp³-hybridized carbons (Fsp3) is 0.714. The zero-order valence-electron chi connectivity index (χ0n) is 6.96. The molecule has 2 saturated heterocycles. The number of rotatable bonds is 0. The lowest BCUT2D eigenvalue weighted by Crippen LogP contribution is -2.51. The molecule has 2 N–H and O–H groups in total. The Morgan fingerprint density at radius 3 is 2.31 bits per heavy atom. The van der Waals surface area contributed by atoms with E-state index >= 15 is 0 Å².